The van der Waals surface area contributed by atoms with Crippen LogP contribution >= 0.6 is 0 Å². The average Bonchev–Trinajstić information content (AvgIpc) is 3.09. The summed E-state index contributed by atoms with van der Waals surface area (Å²) in [6, 6.07) is 11.0. The molecule has 24 heavy (non-hydrogen) atoms. The van der Waals surface area contributed by atoms with Gasteiger partial charge in [0.1, 0.15) is 5.82 Å². The Hall–Kier alpha value is -3.09. The normalized spacial score (nSPS) is 15.0. The molecule has 4 rings (SSSR count). The summed E-state index contributed by atoms with van der Waals surface area (Å²) in [7, 11) is 0. The molecule has 1 aliphatic rings. The van der Waals surface area contributed by atoms with E-state index < -0.39 is 0 Å². The van der Waals surface area contributed by atoms with Gasteiger partial charge in [-0.1, -0.05) is 12.1 Å². The van der Waals surface area contributed by atoms with E-state index in [0.29, 0.717) is 24.3 Å². The molecule has 0 spiro atoms. The summed E-state index contributed by atoms with van der Waals surface area (Å²) in [4.78, 5) is 21.2. The summed E-state index contributed by atoms with van der Waals surface area (Å²) in [5, 5.41) is 4.15. The van der Waals surface area contributed by atoms with E-state index in [1.807, 2.05) is 35.4 Å². The van der Waals surface area contributed by atoms with Gasteiger partial charge in [0.15, 0.2) is 5.65 Å². The van der Waals surface area contributed by atoms with Crippen molar-refractivity contribution in [3.63, 3.8) is 0 Å². The smallest absolute Gasteiger partial charge is 0.256 e. The number of hydrogen-bond donors (Lipinski definition) is 1. The topological polar surface area (TPSA) is 79.8 Å². The first-order valence-electron chi connectivity index (χ1n) is 7.91. The molecule has 2 aromatic heterocycles. The molecule has 0 unspecified atom stereocenters. The first kappa shape index (κ1) is 14.5. The molecular formula is C17H18N6O. The molecule has 0 saturated carbocycles. The van der Waals surface area contributed by atoms with E-state index in [-0.39, 0.29) is 5.91 Å². The molecule has 2 N–H and O–H groups in total. The Morgan fingerprint density at radius 1 is 1.04 bits per heavy atom. The molecule has 3 heterocycles. The Balaban J connectivity index is 1.46. The van der Waals surface area contributed by atoms with E-state index in [4.69, 9.17) is 5.73 Å². The second-order valence-corrected chi connectivity index (χ2v) is 5.79. The molecular weight excluding hydrogens is 304 g/mol. The van der Waals surface area contributed by atoms with Gasteiger partial charge in [0.25, 0.3) is 5.91 Å². The van der Waals surface area contributed by atoms with Crippen LogP contribution in [0.4, 0.5) is 11.5 Å². The highest BCUT2D eigenvalue weighted by Crippen LogP contribution is 2.18. The van der Waals surface area contributed by atoms with Crippen LogP contribution in [0.3, 0.4) is 0 Å². The number of aromatic nitrogens is 3. The number of carbonyl (C=O) groups excluding carboxylic acids is 1. The van der Waals surface area contributed by atoms with Gasteiger partial charge in [-0.2, -0.15) is 5.10 Å². The highest BCUT2D eigenvalue weighted by Gasteiger charge is 2.24. The summed E-state index contributed by atoms with van der Waals surface area (Å²) in [5.41, 5.74) is 7.83. The lowest BCUT2D eigenvalue weighted by atomic mass is 10.1. The largest absolute Gasteiger partial charge is 0.398 e. The van der Waals surface area contributed by atoms with Gasteiger partial charge in [0.2, 0.25) is 0 Å². The fraction of sp³-hybridized carbons (Fsp3) is 0.235. The monoisotopic (exact) mass is 322 g/mol. The number of hydrogen-bond acceptors (Lipinski definition) is 5. The van der Waals surface area contributed by atoms with Gasteiger partial charge in [0, 0.05) is 44.1 Å². The Morgan fingerprint density at radius 3 is 2.62 bits per heavy atom. The van der Waals surface area contributed by atoms with Gasteiger partial charge < -0.3 is 15.5 Å². The van der Waals surface area contributed by atoms with Crippen LogP contribution < -0.4 is 10.6 Å². The van der Waals surface area contributed by atoms with Crippen LogP contribution in [0.1, 0.15) is 10.4 Å². The van der Waals surface area contributed by atoms with Gasteiger partial charge in [-0.25, -0.2) is 9.50 Å². The lowest BCUT2D eigenvalue weighted by Crippen LogP contribution is -2.49. The van der Waals surface area contributed by atoms with Crippen molar-refractivity contribution in [2.75, 3.05) is 36.8 Å². The number of nitrogen functional groups attached to an aromatic ring is 1. The van der Waals surface area contributed by atoms with Crippen molar-refractivity contribution < 1.29 is 4.79 Å². The molecule has 1 aromatic carbocycles. The van der Waals surface area contributed by atoms with Crippen LogP contribution in [-0.2, 0) is 0 Å². The van der Waals surface area contributed by atoms with E-state index in [1.54, 1.807) is 22.8 Å². The zero-order chi connectivity index (χ0) is 16.5. The number of amides is 1. The number of piperazine rings is 1. The third-order valence-corrected chi connectivity index (χ3v) is 4.33. The minimum atomic E-state index is -0.00745. The molecule has 0 atom stereocenters. The van der Waals surface area contributed by atoms with Crippen molar-refractivity contribution in [2.45, 2.75) is 0 Å². The average molecular weight is 322 g/mol. The SMILES string of the molecule is Nc1ccccc1C(=O)N1CCN(c2ccn3nccc3n2)CC1. The summed E-state index contributed by atoms with van der Waals surface area (Å²) in [6.07, 6.45) is 3.63. The van der Waals surface area contributed by atoms with Crippen molar-refractivity contribution in [2.24, 2.45) is 0 Å². The summed E-state index contributed by atoms with van der Waals surface area (Å²) < 4.78 is 1.74. The summed E-state index contributed by atoms with van der Waals surface area (Å²) in [5.74, 6) is 0.904. The molecule has 1 fully saturated rings. The summed E-state index contributed by atoms with van der Waals surface area (Å²) in [6.45, 7) is 2.80. The van der Waals surface area contributed by atoms with Crippen molar-refractivity contribution in [1.29, 1.82) is 0 Å². The summed E-state index contributed by atoms with van der Waals surface area (Å²) >= 11 is 0. The quantitative estimate of drug-likeness (QED) is 0.719. The first-order valence-corrected chi connectivity index (χ1v) is 7.91. The molecule has 122 valence electrons. The Bertz CT molecular complexity index is 881. The Morgan fingerprint density at radius 2 is 1.83 bits per heavy atom. The second kappa shape index (κ2) is 5.84. The molecule has 0 radical (unpaired) electrons. The predicted molar refractivity (Wildman–Crippen MR) is 92.0 cm³/mol. The van der Waals surface area contributed by atoms with Crippen LogP contribution in [0.15, 0.2) is 48.8 Å². The van der Waals surface area contributed by atoms with Gasteiger partial charge in [0.05, 0.1) is 11.8 Å². The highest BCUT2D eigenvalue weighted by atomic mass is 16.2. The number of benzene rings is 1. The Labute approximate surface area is 139 Å². The highest BCUT2D eigenvalue weighted by molar-refractivity contribution is 5.99. The van der Waals surface area contributed by atoms with Crippen LogP contribution in [0.25, 0.3) is 5.65 Å². The number of nitrogens with zero attached hydrogens (tertiary/aromatic N) is 5. The van der Waals surface area contributed by atoms with Gasteiger partial charge in [-0.05, 0) is 18.2 Å². The third kappa shape index (κ3) is 2.54. The van der Waals surface area contributed by atoms with E-state index in [2.05, 4.69) is 15.0 Å². The number of fused-ring (bicyclic) bond motifs is 1. The van der Waals surface area contributed by atoms with E-state index in [0.717, 1.165) is 24.6 Å². The second-order valence-electron chi connectivity index (χ2n) is 5.79. The van der Waals surface area contributed by atoms with Gasteiger partial charge in [-0.3, -0.25) is 4.79 Å². The minimum Gasteiger partial charge on any atom is -0.398 e. The van der Waals surface area contributed by atoms with Gasteiger partial charge in [-0.15, -0.1) is 0 Å². The van der Waals surface area contributed by atoms with E-state index in [9.17, 15) is 4.79 Å². The fourth-order valence-electron chi connectivity index (χ4n) is 2.98. The zero-order valence-electron chi connectivity index (χ0n) is 13.2. The van der Waals surface area contributed by atoms with Crippen LogP contribution in [0, 0.1) is 0 Å². The number of para-hydroxylation sites is 1. The van der Waals surface area contributed by atoms with Crippen molar-refractivity contribution >= 4 is 23.1 Å². The predicted octanol–water partition coefficient (Wildman–Crippen LogP) is 1.27. The molecule has 3 aromatic rings. The van der Waals surface area contributed by atoms with Crippen molar-refractivity contribution in [3.8, 4) is 0 Å². The standard InChI is InChI=1S/C17H18N6O/c18-14-4-2-1-3-13(14)17(24)22-11-9-21(10-12-22)15-6-8-23-16(20-15)5-7-19-23/h1-8H,9-12,18H2. The van der Waals surface area contributed by atoms with Gasteiger partial charge >= 0.3 is 0 Å². The first-order chi connectivity index (χ1) is 11.7. The van der Waals surface area contributed by atoms with Crippen molar-refractivity contribution in [3.05, 3.63) is 54.4 Å². The number of rotatable bonds is 2. The molecule has 1 saturated heterocycles. The third-order valence-electron chi connectivity index (χ3n) is 4.33. The molecule has 7 nitrogen and oxygen atoms in total. The lowest BCUT2D eigenvalue weighted by molar-refractivity contribution is 0.0747. The van der Waals surface area contributed by atoms with E-state index >= 15 is 0 Å². The van der Waals surface area contributed by atoms with Crippen LogP contribution in [0.2, 0.25) is 0 Å². The van der Waals surface area contributed by atoms with E-state index in [1.165, 1.54) is 0 Å². The molecule has 0 bridgehead atoms. The maximum Gasteiger partial charge on any atom is 0.256 e. The maximum atomic E-state index is 12.6. The van der Waals surface area contributed by atoms with Crippen LogP contribution in [-0.4, -0.2) is 51.6 Å². The molecule has 1 amide bonds. The Kier molecular flexibility index (Phi) is 3.53. The number of anilines is 2. The molecule has 1 aliphatic heterocycles. The zero-order valence-corrected chi connectivity index (χ0v) is 13.2. The number of carbonyl (C=O) groups is 1. The molecule has 7 heteroatoms. The van der Waals surface area contributed by atoms with Crippen LogP contribution in [0.5, 0.6) is 0 Å². The minimum absolute atomic E-state index is 0.00745. The lowest BCUT2D eigenvalue weighted by Gasteiger charge is -2.35. The maximum absolute atomic E-state index is 12.6. The van der Waals surface area contributed by atoms with Crippen molar-refractivity contribution in [1.82, 2.24) is 19.5 Å². The molecule has 0 aliphatic carbocycles. The number of nitrogens with two attached hydrogens (primary N) is 1. The fourth-order valence-corrected chi connectivity index (χ4v) is 2.98.